The van der Waals surface area contributed by atoms with Gasteiger partial charge in [-0.05, 0) is 31.5 Å². The molecule has 0 saturated heterocycles. The minimum absolute atomic E-state index is 0.00435. The van der Waals surface area contributed by atoms with Gasteiger partial charge in [-0.2, -0.15) is 0 Å². The molecule has 1 amide bonds. The Morgan fingerprint density at radius 3 is 2.82 bits per heavy atom. The third-order valence-electron chi connectivity index (χ3n) is 2.88. The maximum absolute atomic E-state index is 11.7. The minimum atomic E-state index is -0.168. The van der Waals surface area contributed by atoms with E-state index in [1.54, 1.807) is 6.26 Å². The fourth-order valence-corrected chi connectivity index (χ4v) is 1.36. The lowest BCUT2D eigenvalue weighted by molar-refractivity contribution is -0.123. The Bertz CT molecular complexity index is 322. The van der Waals surface area contributed by atoms with Crippen molar-refractivity contribution in [1.82, 2.24) is 10.6 Å². The Morgan fingerprint density at radius 2 is 2.24 bits per heavy atom. The molecular weight excluding hydrogens is 216 g/mol. The summed E-state index contributed by atoms with van der Waals surface area (Å²) < 4.78 is 5.14. The fourth-order valence-electron chi connectivity index (χ4n) is 1.36. The average Bonchev–Trinajstić information content (AvgIpc) is 2.85. The molecular formula is C13H22N2O2. The Kier molecular flexibility index (Phi) is 5.77. The molecule has 0 radical (unpaired) electrons. The summed E-state index contributed by atoms with van der Waals surface area (Å²) in [6.45, 7) is 7.50. The summed E-state index contributed by atoms with van der Waals surface area (Å²) in [6.07, 6.45) is 2.72. The van der Waals surface area contributed by atoms with Crippen LogP contribution in [0.25, 0.3) is 0 Å². The molecule has 1 heterocycles. The Labute approximate surface area is 103 Å². The molecule has 0 aliphatic carbocycles. The molecule has 1 rings (SSSR count). The molecule has 1 aromatic heterocycles. The van der Waals surface area contributed by atoms with E-state index < -0.39 is 0 Å². The summed E-state index contributed by atoms with van der Waals surface area (Å²) in [4.78, 5) is 11.7. The van der Waals surface area contributed by atoms with Crippen molar-refractivity contribution in [2.24, 2.45) is 5.92 Å². The SMILES string of the molecule is CCC(C)CNC(C)C(=O)NCc1ccco1. The molecule has 0 fully saturated rings. The van der Waals surface area contributed by atoms with Crippen molar-refractivity contribution in [2.75, 3.05) is 6.54 Å². The van der Waals surface area contributed by atoms with Gasteiger partial charge in [-0.15, -0.1) is 0 Å². The van der Waals surface area contributed by atoms with Crippen LogP contribution < -0.4 is 10.6 Å². The van der Waals surface area contributed by atoms with Gasteiger partial charge in [0.25, 0.3) is 0 Å². The predicted octanol–water partition coefficient (Wildman–Crippen LogP) is 1.92. The third-order valence-corrected chi connectivity index (χ3v) is 2.88. The van der Waals surface area contributed by atoms with Crippen molar-refractivity contribution >= 4 is 5.91 Å². The van der Waals surface area contributed by atoms with Crippen LogP contribution in [0.1, 0.15) is 33.0 Å². The van der Waals surface area contributed by atoms with Crippen molar-refractivity contribution < 1.29 is 9.21 Å². The number of rotatable bonds is 7. The topological polar surface area (TPSA) is 54.3 Å². The lowest BCUT2D eigenvalue weighted by atomic mass is 10.1. The molecule has 2 unspecified atom stereocenters. The van der Waals surface area contributed by atoms with Gasteiger partial charge in [0, 0.05) is 0 Å². The monoisotopic (exact) mass is 238 g/mol. The molecule has 0 aromatic carbocycles. The van der Waals surface area contributed by atoms with E-state index in [0.717, 1.165) is 18.7 Å². The van der Waals surface area contributed by atoms with E-state index in [1.165, 1.54) is 0 Å². The van der Waals surface area contributed by atoms with Crippen molar-refractivity contribution in [1.29, 1.82) is 0 Å². The van der Waals surface area contributed by atoms with E-state index in [0.29, 0.717) is 12.5 Å². The van der Waals surface area contributed by atoms with Gasteiger partial charge < -0.3 is 15.1 Å². The van der Waals surface area contributed by atoms with Gasteiger partial charge in [0.15, 0.2) is 0 Å². The van der Waals surface area contributed by atoms with Gasteiger partial charge in [-0.1, -0.05) is 20.3 Å². The molecule has 0 aliphatic heterocycles. The Morgan fingerprint density at radius 1 is 1.47 bits per heavy atom. The molecule has 0 spiro atoms. The second-order valence-corrected chi connectivity index (χ2v) is 4.44. The van der Waals surface area contributed by atoms with Crippen LogP contribution in [0.4, 0.5) is 0 Å². The zero-order chi connectivity index (χ0) is 12.7. The van der Waals surface area contributed by atoms with Gasteiger partial charge in [-0.25, -0.2) is 0 Å². The molecule has 4 nitrogen and oxygen atoms in total. The molecule has 4 heteroatoms. The van der Waals surface area contributed by atoms with Crippen molar-refractivity contribution in [3.63, 3.8) is 0 Å². The smallest absolute Gasteiger partial charge is 0.237 e. The summed E-state index contributed by atoms with van der Waals surface area (Å²) >= 11 is 0. The first-order valence-electron chi connectivity index (χ1n) is 6.17. The first-order valence-corrected chi connectivity index (χ1v) is 6.17. The van der Waals surface area contributed by atoms with E-state index in [9.17, 15) is 4.79 Å². The highest BCUT2D eigenvalue weighted by atomic mass is 16.3. The molecule has 0 saturated carbocycles. The predicted molar refractivity (Wildman–Crippen MR) is 67.5 cm³/mol. The molecule has 2 N–H and O–H groups in total. The van der Waals surface area contributed by atoms with Crippen molar-refractivity contribution in [3.05, 3.63) is 24.2 Å². The normalized spacial score (nSPS) is 14.3. The number of furan rings is 1. The molecule has 0 aliphatic rings. The maximum atomic E-state index is 11.7. The number of nitrogens with one attached hydrogen (secondary N) is 2. The molecule has 17 heavy (non-hydrogen) atoms. The lowest BCUT2D eigenvalue weighted by Gasteiger charge is -2.16. The van der Waals surface area contributed by atoms with Crippen LogP contribution >= 0.6 is 0 Å². The van der Waals surface area contributed by atoms with E-state index in [2.05, 4.69) is 24.5 Å². The Hall–Kier alpha value is -1.29. The number of amides is 1. The van der Waals surface area contributed by atoms with Gasteiger partial charge in [0.2, 0.25) is 5.91 Å². The summed E-state index contributed by atoms with van der Waals surface area (Å²) in [5, 5.41) is 6.05. The molecule has 1 aromatic rings. The number of hydrogen-bond acceptors (Lipinski definition) is 3. The first kappa shape index (κ1) is 13.8. The van der Waals surface area contributed by atoms with Crippen LogP contribution in [0.3, 0.4) is 0 Å². The highest BCUT2D eigenvalue weighted by molar-refractivity contribution is 5.81. The summed E-state index contributed by atoms with van der Waals surface area (Å²) in [7, 11) is 0. The number of carbonyl (C=O) groups excluding carboxylic acids is 1. The van der Waals surface area contributed by atoms with Crippen LogP contribution in [0, 0.1) is 5.92 Å². The molecule has 96 valence electrons. The third kappa shape index (κ3) is 5.04. The average molecular weight is 238 g/mol. The van der Waals surface area contributed by atoms with Crippen LogP contribution in [0.2, 0.25) is 0 Å². The van der Waals surface area contributed by atoms with Gasteiger partial charge in [-0.3, -0.25) is 4.79 Å². The van der Waals surface area contributed by atoms with E-state index in [4.69, 9.17) is 4.42 Å². The lowest BCUT2D eigenvalue weighted by Crippen LogP contribution is -2.43. The van der Waals surface area contributed by atoms with Crippen LogP contribution in [-0.4, -0.2) is 18.5 Å². The highest BCUT2D eigenvalue weighted by Crippen LogP contribution is 2.00. The summed E-state index contributed by atoms with van der Waals surface area (Å²) in [5.74, 6) is 1.37. The second kappa shape index (κ2) is 7.12. The fraction of sp³-hybridized carbons (Fsp3) is 0.615. The van der Waals surface area contributed by atoms with Crippen LogP contribution in [-0.2, 0) is 11.3 Å². The quantitative estimate of drug-likeness (QED) is 0.763. The number of carbonyl (C=O) groups is 1. The van der Waals surface area contributed by atoms with E-state index in [-0.39, 0.29) is 11.9 Å². The van der Waals surface area contributed by atoms with Crippen LogP contribution in [0.5, 0.6) is 0 Å². The second-order valence-electron chi connectivity index (χ2n) is 4.44. The molecule has 0 bridgehead atoms. The standard InChI is InChI=1S/C13H22N2O2/c1-4-10(2)8-14-11(3)13(16)15-9-12-6-5-7-17-12/h5-7,10-11,14H,4,8-9H2,1-3H3,(H,15,16). The minimum Gasteiger partial charge on any atom is -0.467 e. The largest absolute Gasteiger partial charge is 0.467 e. The zero-order valence-corrected chi connectivity index (χ0v) is 10.8. The van der Waals surface area contributed by atoms with Gasteiger partial charge >= 0.3 is 0 Å². The van der Waals surface area contributed by atoms with E-state index >= 15 is 0 Å². The highest BCUT2D eigenvalue weighted by Gasteiger charge is 2.12. The molecule has 2 atom stereocenters. The zero-order valence-electron chi connectivity index (χ0n) is 10.8. The van der Waals surface area contributed by atoms with Gasteiger partial charge in [0.1, 0.15) is 5.76 Å². The van der Waals surface area contributed by atoms with Gasteiger partial charge in [0.05, 0.1) is 18.8 Å². The maximum Gasteiger partial charge on any atom is 0.237 e. The number of hydrogen-bond donors (Lipinski definition) is 2. The first-order chi connectivity index (χ1) is 8.13. The van der Waals surface area contributed by atoms with E-state index in [1.807, 2.05) is 19.1 Å². The summed E-state index contributed by atoms with van der Waals surface area (Å²) in [6, 6.07) is 3.49. The Balaban J connectivity index is 2.22. The van der Waals surface area contributed by atoms with Crippen molar-refractivity contribution in [3.8, 4) is 0 Å². The summed E-state index contributed by atoms with van der Waals surface area (Å²) in [5.41, 5.74) is 0. The van der Waals surface area contributed by atoms with Crippen LogP contribution in [0.15, 0.2) is 22.8 Å². The van der Waals surface area contributed by atoms with Crippen molar-refractivity contribution in [2.45, 2.75) is 39.8 Å².